The number of rotatable bonds is 3. The van der Waals surface area contributed by atoms with Crippen molar-refractivity contribution in [2.45, 2.75) is 0 Å². The van der Waals surface area contributed by atoms with Gasteiger partial charge >= 0.3 is 0 Å². The van der Waals surface area contributed by atoms with Crippen LogP contribution in [0, 0.1) is 10.4 Å². The van der Waals surface area contributed by atoms with Gasteiger partial charge in [-0.15, -0.1) is 11.6 Å². The summed E-state index contributed by atoms with van der Waals surface area (Å²) in [4.78, 5) is 4.94. The van der Waals surface area contributed by atoms with Gasteiger partial charge in [0.25, 0.3) is 0 Å². The van der Waals surface area contributed by atoms with Gasteiger partial charge < -0.3 is 4.90 Å². The van der Waals surface area contributed by atoms with Crippen LogP contribution < -0.4 is 15.5 Å². The predicted molar refractivity (Wildman–Crippen MR) is 103 cm³/mol. The highest BCUT2D eigenvalue weighted by atomic mass is 35.5. The second-order valence-corrected chi connectivity index (χ2v) is 7.10. The van der Waals surface area contributed by atoms with Crippen LogP contribution in [0.5, 0.6) is 0 Å². The van der Waals surface area contributed by atoms with Crippen molar-refractivity contribution < 1.29 is 0 Å². The fourth-order valence-electron chi connectivity index (χ4n) is 3.45. The van der Waals surface area contributed by atoms with Crippen LogP contribution in [-0.4, -0.2) is 43.5 Å². The van der Waals surface area contributed by atoms with Crippen molar-refractivity contribution in [1.29, 1.82) is 0 Å². The van der Waals surface area contributed by atoms with Crippen LogP contribution >= 0.6 is 23.5 Å². The Hall–Kier alpha value is -1.49. The van der Waals surface area contributed by atoms with Crippen molar-refractivity contribution >= 4 is 34.6 Å². The van der Waals surface area contributed by atoms with Gasteiger partial charge in [-0.2, -0.15) is 0 Å². The molecule has 0 aliphatic carbocycles. The maximum atomic E-state index is 5.89. The van der Waals surface area contributed by atoms with Gasteiger partial charge in [0.2, 0.25) is 0 Å². The van der Waals surface area contributed by atoms with E-state index in [9.17, 15) is 0 Å². The quantitative estimate of drug-likeness (QED) is 0.620. The molecule has 0 saturated carbocycles. The van der Waals surface area contributed by atoms with Gasteiger partial charge in [0.1, 0.15) is 0 Å². The number of benzene rings is 2. The zero-order chi connectivity index (χ0) is 16.4. The van der Waals surface area contributed by atoms with Crippen LogP contribution in [0.3, 0.4) is 0 Å². The van der Waals surface area contributed by atoms with E-state index in [4.69, 9.17) is 11.6 Å². The van der Waals surface area contributed by atoms with Crippen LogP contribution in [-0.2, 0) is 0 Å². The second-order valence-electron chi connectivity index (χ2n) is 6.09. The summed E-state index contributed by atoms with van der Waals surface area (Å²) in [6, 6.07) is 15.0. The maximum Gasteiger partial charge on any atom is 0.0796 e. The molecular weight excluding hydrogens is 338 g/mol. The topological polar surface area (TPSA) is 18.8 Å². The Morgan fingerprint density at radius 3 is 2.67 bits per heavy atom. The van der Waals surface area contributed by atoms with Crippen LogP contribution in [0.2, 0.25) is 0 Å². The van der Waals surface area contributed by atoms with Crippen LogP contribution in [0.25, 0.3) is 5.41 Å². The largest absolute Gasteiger partial charge is 0.368 e. The van der Waals surface area contributed by atoms with Gasteiger partial charge in [-0.3, -0.25) is 4.90 Å². The van der Waals surface area contributed by atoms with E-state index in [0.29, 0.717) is 5.88 Å². The van der Waals surface area contributed by atoms with Crippen molar-refractivity contribution in [2.24, 2.45) is 4.40 Å². The summed E-state index contributed by atoms with van der Waals surface area (Å²) in [5.74, 6) is 0.710. The summed E-state index contributed by atoms with van der Waals surface area (Å²) in [5.41, 5.74) is 1.32. The Bertz CT molecular complexity index is 936. The molecule has 1 fully saturated rings. The summed E-state index contributed by atoms with van der Waals surface area (Å²) in [6.07, 6.45) is 0. The lowest BCUT2D eigenvalue weighted by Gasteiger charge is -2.36. The molecule has 0 unspecified atom stereocenters. The molecule has 0 bridgehead atoms. The number of fused-ring (bicyclic) bond motifs is 2. The molecule has 0 aromatic heterocycles. The molecular formula is C19H20ClN3S. The summed E-state index contributed by atoms with van der Waals surface area (Å²) in [5, 5.41) is 7.02. The second kappa shape index (κ2) is 7.18. The van der Waals surface area contributed by atoms with Gasteiger partial charge in [0, 0.05) is 72.1 Å². The number of alkyl halides is 1. The normalized spacial score (nSPS) is 17.3. The maximum absolute atomic E-state index is 5.89. The molecule has 5 heteroatoms. The summed E-state index contributed by atoms with van der Waals surface area (Å²) >= 11 is 7.41. The molecule has 0 spiro atoms. The third-order valence-corrected chi connectivity index (χ3v) is 5.52. The lowest BCUT2D eigenvalue weighted by atomic mass is 10.1. The minimum atomic E-state index is 0.710. The van der Waals surface area contributed by atoms with E-state index < -0.39 is 0 Å². The summed E-state index contributed by atoms with van der Waals surface area (Å²) in [7, 11) is 0. The Balaban J connectivity index is 1.85. The van der Waals surface area contributed by atoms with E-state index in [0.717, 1.165) is 38.1 Å². The number of halogens is 1. The average molecular weight is 358 g/mol. The molecule has 2 aliphatic heterocycles. The van der Waals surface area contributed by atoms with Crippen molar-refractivity contribution in [1.82, 2.24) is 4.90 Å². The number of hydrogen-bond acceptors (Lipinski definition) is 4. The fraction of sp³-hybridized carbons (Fsp3) is 0.316. The molecule has 2 aromatic carbocycles. The first-order chi connectivity index (χ1) is 11.9. The van der Waals surface area contributed by atoms with E-state index >= 15 is 0 Å². The molecule has 4 rings (SSSR count). The lowest BCUT2D eigenvalue weighted by molar-refractivity contribution is 0.272. The number of hydrogen-bond donors (Lipinski definition) is 0. The molecule has 1 saturated heterocycles. The average Bonchev–Trinajstić information content (AvgIpc) is 2.82. The molecule has 0 N–H and O–H groups in total. The van der Waals surface area contributed by atoms with Crippen molar-refractivity contribution in [3.8, 4) is 0 Å². The molecule has 0 atom stereocenters. The monoisotopic (exact) mass is 357 g/mol. The van der Waals surface area contributed by atoms with Crippen LogP contribution in [0.1, 0.15) is 0 Å². The van der Waals surface area contributed by atoms with Gasteiger partial charge in [-0.1, -0.05) is 30.3 Å². The number of nitrogens with zero attached hydrogens (tertiary/aromatic N) is 3. The molecule has 0 radical (unpaired) electrons. The first-order valence-electron chi connectivity index (χ1n) is 8.32. The molecule has 2 aromatic rings. The van der Waals surface area contributed by atoms with Gasteiger partial charge in [-0.05, 0) is 17.4 Å². The fourth-order valence-corrected chi connectivity index (χ4v) is 4.32. The molecule has 2 aliphatic rings. The third kappa shape index (κ3) is 3.06. The molecule has 2 heterocycles. The van der Waals surface area contributed by atoms with E-state index in [1.807, 2.05) is 0 Å². The number of piperazine rings is 1. The van der Waals surface area contributed by atoms with Gasteiger partial charge in [0.05, 0.1) is 5.36 Å². The SMILES string of the molecule is ClCCN1CCN(c2cccc3c2=c2ccccc2=NSC=3)CC1. The van der Waals surface area contributed by atoms with Crippen molar-refractivity contribution in [3.63, 3.8) is 0 Å². The van der Waals surface area contributed by atoms with Gasteiger partial charge in [0.15, 0.2) is 0 Å². The Labute approximate surface area is 151 Å². The van der Waals surface area contributed by atoms with E-state index in [1.54, 1.807) is 0 Å². The zero-order valence-corrected chi connectivity index (χ0v) is 15.1. The lowest BCUT2D eigenvalue weighted by Crippen LogP contribution is -2.47. The minimum absolute atomic E-state index is 0.710. The van der Waals surface area contributed by atoms with E-state index in [-0.39, 0.29) is 0 Å². The van der Waals surface area contributed by atoms with Gasteiger partial charge in [-0.25, -0.2) is 4.40 Å². The summed E-state index contributed by atoms with van der Waals surface area (Å²) in [6.45, 7) is 5.20. The Morgan fingerprint density at radius 1 is 1.00 bits per heavy atom. The van der Waals surface area contributed by atoms with E-state index in [1.165, 1.54) is 33.3 Å². The highest BCUT2D eigenvalue weighted by Crippen LogP contribution is 2.18. The first-order valence-corrected chi connectivity index (χ1v) is 9.70. The van der Waals surface area contributed by atoms with E-state index in [2.05, 4.69) is 62.1 Å². The van der Waals surface area contributed by atoms with Crippen molar-refractivity contribution in [3.05, 3.63) is 63.5 Å². The van der Waals surface area contributed by atoms with Crippen molar-refractivity contribution in [2.75, 3.05) is 43.5 Å². The molecule has 124 valence electrons. The smallest absolute Gasteiger partial charge is 0.0796 e. The minimum Gasteiger partial charge on any atom is -0.368 e. The molecule has 24 heavy (non-hydrogen) atoms. The zero-order valence-electron chi connectivity index (χ0n) is 13.5. The predicted octanol–water partition coefficient (Wildman–Crippen LogP) is 2.35. The highest BCUT2D eigenvalue weighted by Gasteiger charge is 2.18. The standard InChI is InChI=1S/C19H20ClN3S/c20-8-9-22-10-12-23(13-11-22)18-7-3-4-15-14-24-21-17-6-2-1-5-16(17)19(15)18/h1-7,14H,8-13H2. The van der Waals surface area contributed by atoms with Crippen LogP contribution in [0.15, 0.2) is 46.9 Å². The summed E-state index contributed by atoms with van der Waals surface area (Å²) < 4.78 is 4.64. The Kier molecular flexibility index (Phi) is 4.79. The Morgan fingerprint density at radius 2 is 1.83 bits per heavy atom. The number of anilines is 1. The highest BCUT2D eigenvalue weighted by molar-refractivity contribution is 8.05. The first kappa shape index (κ1) is 16.0. The molecule has 0 amide bonds. The third-order valence-electron chi connectivity index (χ3n) is 4.69. The van der Waals surface area contributed by atoms with Crippen LogP contribution in [0.4, 0.5) is 5.69 Å². The molecule has 3 nitrogen and oxygen atoms in total.